The van der Waals surface area contributed by atoms with Gasteiger partial charge in [-0.15, -0.1) is 11.3 Å². The minimum Gasteiger partial charge on any atom is -0.391 e. The minimum absolute atomic E-state index is 0.0316. The first-order valence-electron chi connectivity index (χ1n) is 6.52. The molecule has 0 saturated heterocycles. The van der Waals surface area contributed by atoms with Crippen LogP contribution in [0.15, 0.2) is 12.1 Å². The van der Waals surface area contributed by atoms with Gasteiger partial charge in [0.05, 0.1) is 26.3 Å². The highest BCUT2D eigenvalue weighted by molar-refractivity contribution is 7.18. The number of benzene rings is 1. The van der Waals surface area contributed by atoms with E-state index in [1.165, 1.54) is 11.3 Å². The lowest BCUT2D eigenvalue weighted by molar-refractivity contribution is -0.383. The molecule has 6 nitrogen and oxygen atoms in total. The number of thiazole rings is 1. The van der Waals surface area contributed by atoms with Crippen molar-refractivity contribution in [3.8, 4) is 0 Å². The molecule has 1 heterocycles. The van der Waals surface area contributed by atoms with Gasteiger partial charge in [0, 0.05) is 12.6 Å². The maximum atomic E-state index is 11.2. The Bertz CT molecular complexity index is 666. The van der Waals surface area contributed by atoms with Gasteiger partial charge in [-0.2, -0.15) is 0 Å². The van der Waals surface area contributed by atoms with Crippen LogP contribution in [0.3, 0.4) is 0 Å². The predicted octanol–water partition coefficient (Wildman–Crippen LogP) is 2.70. The van der Waals surface area contributed by atoms with E-state index >= 15 is 0 Å². The van der Waals surface area contributed by atoms with E-state index in [0.29, 0.717) is 18.2 Å². The molecular weight excluding hydrogens is 278 g/mol. The molecule has 0 bridgehead atoms. The molecule has 1 aliphatic carbocycles. The fraction of sp³-hybridized carbons (Fsp3) is 0.462. The van der Waals surface area contributed by atoms with Crippen molar-refractivity contribution in [3.63, 3.8) is 0 Å². The highest BCUT2D eigenvalue weighted by atomic mass is 32.1. The second-order valence-corrected chi connectivity index (χ2v) is 6.35. The normalized spacial score (nSPS) is 16.3. The molecule has 2 aromatic rings. The largest absolute Gasteiger partial charge is 0.391 e. The van der Waals surface area contributed by atoms with Crippen molar-refractivity contribution in [1.29, 1.82) is 0 Å². The first kappa shape index (κ1) is 13.3. The number of aliphatic hydroxyl groups is 1. The van der Waals surface area contributed by atoms with Crippen LogP contribution in [0.1, 0.15) is 17.8 Å². The summed E-state index contributed by atoms with van der Waals surface area (Å²) in [6.45, 7) is 2.21. The van der Waals surface area contributed by atoms with Crippen LogP contribution in [0.25, 0.3) is 10.2 Å². The number of nitrogens with one attached hydrogen (secondary N) is 1. The smallest absolute Gasteiger partial charge is 0.293 e. The van der Waals surface area contributed by atoms with Crippen molar-refractivity contribution in [2.24, 2.45) is 5.92 Å². The summed E-state index contributed by atoms with van der Waals surface area (Å²) in [7, 11) is 0. The number of aromatic nitrogens is 1. The number of anilines is 1. The summed E-state index contributed by atoms with van der Waals surface area (Å²) in [5.41, 5.74) is 1.21. The standard InChI is InChI=1S/C13H15N3O3S/c1-7-15-10-4-9(14-6-12(17)8-2-3-8)11(16(18)19)5-13(10)20-7/h4-5,8,12,14,17H,2-3,6H2,1H3. The predicted molar refractivity (Wildman–Crippen MR) is 78.2 cm³/mol. The van der Waals surface area contributed by atoms with Crippen LogP contribution in [-0.2, 0) is 0 Å². The molecule has 20 heavy (non-hydrogen) atoms. The topological polar surface area (TPSA) is 88.3 Å². The van der Waals surface area contributed by atoms with Crippen molar-refractivity contribution in [2.45, 2.75) is 25.9 Å². The third-order valence-corrected chi connectivity index (χ3v) is 4.41. The quantitative estimate of drug-likeness (QED) is 0.653. The van der Waals surface area contributed by atoms with E-state index in [1.54, 1.807) is 12.1 Å². The van der Waals surface area contributed by atoms with Crippen LogP contribution < -0.4 is 5.32 Å². The van der Waals surface area contributed by atoms with Gasteiger partial charge in [0.2, 0.25) is 0 Å². The van der Waals surface area contributed by atoms with Gasteiger partial charge in [-0.1, -0.05) is 0 Å². The van der Waals surface area contributed by atoms with Gasteiger partial charge in [-0.3, -0.25) is 10.1 Å². The van der Waals surface area contributed by atoms with Crippen molar-refractivity contribution >= 4 is 32.9 Å². The summed E-state index contributed by atoms with van der Waals surface area (Å²) >= 11 is 1.44. The van der Waals surface area contributed by atoms with Crippen LogP contribution >= 0.6 is 11.3 Å². The average Bonchev–Trinajstić information content (AvgIpc) is 3.17. The molecule has 0 spiro atoms. The van der Waals surface area contributed by atoms with Crippen molar-refractivity contribution in [1.82, 2.24) is 4.98 Å². The van der Waals surface area contributed by atoms with E-state index in [0.717, 1.165) is 28.1 Å². The molecule has 0 radical (unpaired) electrons. The number of nitro groups is 1. The van der Waals surface area contributed by atoms with E-state index in [-0.39, 0.29) is 5.69 Å². The highest BCUT2D eigenvalue weighted by Crippen LogP contribution is 2.35. The molecule has 0 aliphatic heterocycles. The van der Waals surface area contributed by atoms with E-state index in [9.17, 15) is 15.2 Å². The molecule has 1 aliphatic rings. The molecule has 1 aromatic heterocycles. The van der Waals surface area contributed by atoms with Crippen molar-refractivity contribution in [2.75, 3.05) is 11.9 Å². The fourth-order valence-corrected chi connectivity index (χ4v) is 3.08. The van der Waals surface area contributed by atoms with Gasteiger partial charge >= 0.3 is 0 Å². The number of fused-ring (bicyclic) bond motifs is 1. The van der Waals surface area contributed by atoms with E-state index in [4.69, 9.17) is 0 Å². The van der Waals surface area contributed by atoms with Crippen LogP contribution in [0.2, 0.25) is 0 Å². The molecule has 3 rings (SSSR count). The average molecular weight is 293 g/mol. The first-order valence-corrected chi connectivity index (χ1v) is 7.34. The fourth-order valence-electron chi connectivity index (χ4n) is 2.23. The van der Waals surface area contributed by atoms with Crippen LogP contribution in [0, 0.1) is 23.0 Å². The van der Waals surface area contributed by atoms with Gasteiger partial charge in [0.1, 0.15) is 5.69 Å². The lowest BCUT2D eigenvalue weighted by Crippen LogP contribution is -2.21. The zero-order valence-corrected chi connectivity index (χ0v) is 11.8. The van der Waals surface area contributed by atoms with Gasteiger partial charge in [0.15, 0.2) is 0 Å². The van der Waals surface area contributed by atoms with Gasteiger partial charge in [0.25, 0.3) is 5.69 Å². The van der Waals surface area contributed by atoms with Crippen LogP contribution in [0.4, 0.5) is 11.4 Å². The summed E-state index contributed by atoms with van der Waals surface area (Å²) in [5, 5.41) is 24.9. The summed E-state index contributed by atoms with van der Waals surface area (Å²) in [5.74, 6) is 0.340. The Morgan fingerprint density at radius 3 is 3.00 bits per heavy atom. The SMILES string of the molecule is Cc1nc2cc(NCC(O)C3CC3)c([N+](=O)[O-])cc2s1. The molecule has 1 saturated carbocycles. The lowest BCUT2D eigenvalue weighted by atomic mass is 10.2. The number of nitro benzene ring substituents is 1. The number of hydrogen-bond acceptors (Lipinski definition) is 6. The zero-order valence-electron chi connectivity index (χ0n) is 11.0. The van der Waals surface area contributed by atoms with Gasteiger partial charge in [-0.05, 0) is 31.7 Å². The number of hydrogen-bond donors (Lipinski definition) is 2. The van der Waals surface area contributed by atoms with Crippen LogP contribution in [0.5, 0.6) is 0 Å². The van der Waals surface area contributed by atoms with E-state index < -0.39 is 11.0 Å². The summed E-state index contributed by atoms with van der Waals surface area (Å²) < 4.78 is 0.808. The maximum Gasteiger partial charge on any atom is 0.293 e. The summed E-state index contributed by atoms with van der Waals surface area (Å²) in [6.07, 6.45) is 1.63. The summed E-state index contributed by atoms with van der Waals surface area (Å²) in [6, 6.07) is 3.24. The molecule has 1 atom stereocenters. The van der Waals surface area contributed by atoms with E-state index in [1.807, 2.05) is 6.92 Å². The molecule has 106 valence electrons. The molecular formula is C13H15N3O3S. The zero-order chi connectivity index (χ0) is 14.3. The molecule has 2 N–H and O–H groups in total. The molecule has 1 aromatic carbocycles. The number of aliphatic hydroxyl groups excluding tert-OH is 1. The third kappa shape index (κ3) is 2.59. The van der Waals surface area contributed by atoms with Crippen molar-refractivity contribution in [3.05, 3.63) is 27.3 Å². The first-order chi connectivity index (χ1) is 9.54. The van der Waals surface area contributed by atoms with Crippen molar-refractivity contribution < 1.29 is 10.0 Å². The van der Waals surface area contributed by atoms with Crippen LogP contribution in [-0.4, -0.2) is 27.7 Å². The van der Waals surface area contributed by atoms with Gasteiger partial charge < -0.3 is 10.4 Å². The Morgan fingerprint density at radius 1 is 1.60 bits per heavy atom. The second-order valence-electron chi connectivity index (χ2n) is 5.11. The Labute approximate surface area is 119 Å². The molecule has 0 amide bonds. The Morgan fingerprint density at radius 2 is 2.35 bits per heavy atom. The summed E-state index contributed by atoms with van der Waals surface area (Å²) in [4.78, 5) is 15.1. The molecule has 1 unspecified atom stereocenters. The molecule has 1 fully saturated rings. The highest BCUT2D eigenvalue weighted by Gasteiger charge is 2.30. The Balaban J connectivity index is 1.89. The minimum atomic E-state index is -0.442. The number of nitrogens with zero attached hydrogens (tertiary/aromatic N) is 2. The second kappa shape index (κ2) is 4.99. The maximum absolute atomic E-state index is 11.2. The Hall–Kier alpha value is -1.73. The number of rotatable bonds is 5. The Kier molecular flexibility index (Phi) is 3.31. The van der Waals surface area contributed by atoms with E-state index in [2.05, 4.69) is 10.3 Å². The third-order valence-electron chi connectivity index (χ3n) is 3.48. The lowest BCUT2D eigenvalue weighted by Gasteiger charge is -2.11. The molecule has 7 heteroatoms. The number of aryl methyl sites for hydroxylation is 1. The van der Waals surface area contributed by atoms with Gasteiger partial charge in [-0.25, -0.2) is 4.98 Å². The monoisotopic (exact) mass is 293 g/mol.